The number of pyridine rings is 1. The van der Waals surface area contributed by atoms with Crippen LogP contribution in [-0.2, 0) is 0 Å². The van der Waals surface area contributed by atoms with Gasteiger partial charge in [0.2, 0.25) is 0 Å². The Hall–Kier alpha value is -1.88. The summed E-state index contributed by atoms with van der Waals surface area (Å²) in [6.07, 6.45) is 2.31. The molecular weight excluding hydrogens is 316 g/mol. The quantitative estimate of drug-likeness (QED) is 0.649. The molecule has 2 aromatic rings. The Labute approximate surface area is 127 Å². The first-order valence-electron chi connectivity index (χ1n) is 6.35. The fraction of sp³-hybridized carbons (Fsp3) is 0.200. The second kappa shape index (κ2) is 6.52. The van der Waals surface area contributed by atoms with Crippen molar-refractivity contribution in [3.8, 4) is 0 Å². The zero-order chi connectivity index (χ0) is 14.5. The van der Waals surface area contributed by atoms with E-state index < -0.39 is 0 Å². The van der Waals surface area contributed by atoms with E-state index in [0.717, 1.165) is 21.5 Å². The summed E-state index contributed by atoms with van der Waals surface area (Å²) in [5, 5.41) is 7.41. The first-order chi connectivity index (χ1) is 9.58. The van der Waals surface area contributed by atoms with Gasteiger partial charge in [0.1, 0.15) is 5.82 Å². The molecule has 0 aliphatic rings. The lowest BCUT2D eigenvalue weighted by atomic mass is 10.2. The molecule has 2 rings (SSSR count). The van der Waals surface area contributed by atoms with Gasteiger partial charge in [-0.05, 0) is 46.6 Å². The van der Waals surface area contributed by atoms with Crippen LogP contribution in [0.25, 0.3) is 0 Å². The van der Waals surface area contributed by atoms with Gasteiger partial charge in [-0.1, -0.05) is 18.2 Å². The van der Waals surface area contributed by atoms with E-state index >= 15 is 0 Å². The monoisotopic (exact) mass is 332 g/mol. The zero-order valence-electron chi connectivity index (χ0n) is 11.3. The highest BCUT2D eigenvalue weighted by Crippen LogP contribution is 2.26. The van der Waals surface area contributed by atoms with Crippen LogP contribution in [0.5, 0.6) is 0 Å². The number of nitrogens with two attached hydrogens (primary N) is 1. The zero-order valence-corrected chi connectivity index (χ0v) is 12.9. The molecule has 20 heavy (non-hydrogen) atoms. The number of aromatic nitrogens is 1. The summed E-state index contributed by atoms with van der Waals surface area (Å²) in [4.78, 5) is 6.53. The van der Waals surface area contributed by atoms with E-state index in [2.05, 4.69) is 25.8 Å². The molecule has 1 aromatic carbocycles. The summed E-state index contributed by atoms with van der Waals surface area (Å²) in [7, 11) is 0. The van der Waals surface area contributed by atoms with Crippen LogP contribution in [0.2, 0.25) is 0 Å². The van der Waals surface area contributed by atoms with Crippen LogP contribution in [0, 0.1) is 12.3 Å². The highest BCUT2D eigenvalue weighted by Gasteiger charge is 2.11. The summed E-state index contributed by atoms with van der Waals surface area (Å²) in [6.45, 7) is 2.66. The summed E-state index contributed by atoms with van der Waals surface area (Å²) < 4.78 is 0.987. The minimum Gasteiger partial charge on any atom is -0.388 e. The number of rotatable bonds is 5. The number of anilines is 2. The standard InChI is InChI=1S/C15H17BrN4/c1-11-9-15(19-10-13(11)16)20(8-7-14(17)18)12-5-3-2-4-6-12/h2-6,9-10H,7-8H2,1H3,(H3,17,18). The van der Waals surface area contributed by atoms with Gasteiger partial charge >= 0.3 is 0 Å². The summed E-state index contributed by atoms with van der Waals surface area (Å²) in [6, 6.07) is 12.0. The third-order valence-corrected chi connectivity index (χ3v) is 3.81. The lowest BCUT2D eigenvalue weighted by Crippen LogP contribution is -2.24. The number of nitrogens with one attached hydrogen (secondary N) is 1. The number of hydrogen-bond donors (Lipinski definition) is 2. The lowest BCUT2D eigenvalue weighted by molar-refractivity contribution is 0.929. The molecular formula is C15H17BrN4. The average molecular weight is 333 g/mol. The number of aryl methyl sites for hydroxylation is 1. The van der Waals surface area contributed by atoms with E-state index in [-0.39, 0.29) is 5.84 Å². The maximum Gasteiger partial charge on any atom is 0.133 e. The largest absolute Gasteiger partial charge is 0.388 e. The van der Waals surface area contributed by atoms with Crippen molar-refractivity contribution in [2.24, 2.45) is 5.73 Å². The summed E-state index contributed by atoms with van der Waals surface area (Å²) in [5.74, 6) is 1.04. The second-order valence-corrected chi connectivity index (χ2v) is 5.41. The van der Waals surface area contributed by atoms with Crippen molar-refractivity contribution in [2.75, 3.05) is 11.4 Å². The summed E-state index contributed by atoms with van der Waals surface area (Å²) >= 11 is 3.46. The van der Waals surface area contributed by atoms with Crippen LogP contribution in [0.3, 0.4) is 0 Å². The third-order valence-electron chi connectivity index (χ3n) is 2.98. The Kier molecular flexibility index (Phi) is 4.74. The molecule has 5 heteroatoms. The topological polar surface area (TPSA) is 66.0 Å². The van der Waals surface area contributed by atoms with Gasteiger partial charge in [-0.3, -0.25) is 5.41 Å². The van der Waals surface area contributed by atoms with E-state index in [1.54, 1.807) is 6.20 Å². The Morgan fingerprint density at radius 3 is 2.65 bits per heavy atom. The first kappa shape index (κ1) is 14.5. The molecule has 1 heterocycles. The molecule has 1 aromatic heterocycles. The van der Waals surface area contributed by atoms with Crippen molar-refractivity contribution in [3.05, 3.63) is 52.6 Å². The molecule has 0 spiro atoms. The SMILES string of the molecule is Cc1cc(N(CCC(=N)N)c2ccccc2)ncc1Br. The lowest BCUT2D eigenvalue weighted by Gasteiger charge is -2.24. The van der Waals surface area contributed by atoms with Crippen LogP contribution in [0.4, 0.5) is 11.5 Å². The van der Waals surface area contributed by atoms with E-state index in [1.165, 1.54) is 0 Å². The molecule has 0 saturated carbocycles. The van der Waals surface area contributed by atoms with Crippen molar-refractivity contribution in [1.82, 2.24) is 4.98 Å². The minimum atomic E-state index is 0.180. The van der Waals surface area contributed by atoms with Crippen molar-refractivity contribution < 1.29 is 0 Å². The smallest absolute Gasteiger partial charge is 0.133 e. The number of para-hydroxylation sites is 1. The molecule has 3 N–H and O–H groups in total. The van der Waals surface area contributed by atoms with E-state index in [4.69, 9.17) is 11.1 Å². The van der Waals surface area contributed by atoms with Crippen LogP contribution in [-0.4, -0.2) is 17.4 Å². The van der Waals surface area contributed by atoms with Crippen molar-refractivity contribution >= 4 is 33.3 Å². The molecule has 0 saturated heterocycles. The molecule has 4 nitrogen and oxygen atoms in total. The first-order valence-corrected chi connectivity index (χ1v) is 7.15. The van der Waals surface area contributed by atoms with Crippen LogP contribution in [0.15, 0.2) is 47.1 Å². The third kappa shape index (κ3) is 3.57. The van der Waals surface area contributed by atoms with Gasteiger partial charge in [-0.15, -0.1) is 0 Å². The molecule has 0 bridgehead atoms. The highest BCUT2D eigenvalue weighted by atomic mass is 79.9. The summed E-state index contributed by atoms with van der Waals surface area (Å²) in [5.41, 5.74) is 7.65. The van der Waals surface area contributed by atoms with Crippen LogP contribution >= 0.6 is 15.9 Å². The van der Waals surface area contributed by atoms with Crippen LogP contribution in [0.1, 0.15) is 12.0 Å². The minimum absolute atomic E-state index is 0.180. The highest BCUT2D eigenvalue weighted by molar-refractivity contribution is 9.10. The van der Waals surface area contributed by atoms with Gasteiger partial charge in [0.15, 0.2) is 0 Å². The number of hydrogen-bond acceptors (Lipinski definition) is 3. The predicted molar refractivity (Wildman–Crippen MR) is 86.7 cm³/mol. The molecule has 0 radical (unpaired) electrons. The van der Waals surface area contributed by atoms with Crippen molar-refractivity contribution in [3.63, 3.8) is 0 Å². The fourth-order valence-electron chi connectivity index (χ4n) is 1.89. The van der Waals surface area contributed by atoms with Gasteiger partial charge in [-0.25, -0.2) is 4.98 Å². The molecule has 0 fully saturated rings. The Balaban J connectivity index is 2.35. The Bertz CT molecular complexity index is 598. The average Bonchev–Trinajstić information content (AvgIpc) is 2.44. The van der Waals surface area contributed by atoms with Gasteiger partial charge in [0, 0.05) is 29.3 Å². The van der Waals surface area contributed by atoms with E-state index in [0.29, 0.717) is 13.0 Å². The Morgan fingerprint density at radius 2 is 2.05 bits per heavy atom. The molecule has 0 amide bonds. The fourth-order valence-corrected chi connectivity index (χ4v) is 2.11. The number of halogens is 1. The predicted octanol–water partition coefficient (Wildman–Crippen LogP) is 3.62. The maximum atomic E-state index is 7.41. The van der Waals surface area contributed by atoms with Gasteiger partial charge in [0.25, 0.3) is 0 Å². The van der Waals surface area contributed by atoms with Crippen molar-refractivity contribution in [1.29, 1.82) is 5.41 Å². The molecule has 104 valence electrons. The molecule has 0 aliphatic heterocycles. The van der Waals surface area contributed by atoms with E-state index in [1.807, 2.05) is 43.3 Å². The van der Waals surface area contributed by atoms with Crippen LogP contribution < -0.4 is 10.6 Å². The van der Waals surface area contributed by atoms with Gasteiger partial charge in [0.05, 0.1) is 5.84 Å². The molecule has 0 aliphatic carbocycles. The Morgan fingerprint density at radius 1 is 1.35 bits per heavy atom. The molecule has 0 atom stereocenters. The van der Waals surface area contributed by atoms with E-state index in [9.17, 15) is 0 Å². The number of benzene rings is 1. The number of amidine groups is 1. The van der Waals surface area contributed by atoms with Crippen molar-refractivity contribution in [2.45, 2.75) is 13.3 Å². The maximum absolute atomic E-state index is 7.41. The van der Waals surface area contributed by atoms with Gasteiger partial charge in [-0.2, -0.15) is 0 Å². The normalized spacial score (nSPS) is 10.3. The van der Waals surface area contributed by atoms with Gasteiger partial charge < -0.3 is 10.6 Å². The second-order valence-electron chi connectivity index (χ2n) is 4.55. The molecule has 0 unspecified atom stereocenters. The number of nitrogens with zero attached hydrogens (tertiary/aromatic N) is 2.